The molecule has 10 aliphatic heterocycles. The SMILES string of the molecule is CCCCOc1c(C(=O)NCCOCCOCCNC(=O)OC(C)(C)C)ccc(C(=O)NCCN2CCNC(=O)c3ccc(c(OCCCC)c3OCCCC)C(=O)NCCN3CCNC(=O)c4ccc(c(OCCCC)c4OCCCC)C(=O)NCCN(CCNC(=O)c4ccc(c(OCCCC)c4OCCCC)C(=O)NCC3)CC2)c1OCCCC. The van der Waals surface area contributed by atoms with Crippen LogP contribution in [-0.2, 0) is 14.2 Å². The molecule has 32 heteroatoms. The van der Waals surface area contributed by atoms with Crippen LogP contribution in [-0.4, -0.2) is 271 Å². The number of alkyl carbamates (subject to hydrolysis) is 1. The Hall–Kier alpha value is -9.89. The number of unbranched alkanes of at least 4 members (excludes halogenated alkanes) is 8. The maximum atomic E-state index is 14.9. The van der Waals surface area contributed by atoms with Crippen molar-refractivity contribution in [2.45, 2.75) is 184 Å². The first-order valence-corrected chi connectivity index (χ1v) is 44.9. The smallest absolute Gasteiger partial charge is 0.407 e. The van der Waals surface area contributed by atoms with E-state index < -0.39 is 59.0 Å². The maximum Gasteiger partial charge on any atom is 0.407 e. The van der Waals surface area contributed by atoms with Crippen molar-refractivity contribution >= 4 is 53.4 Å². The van der Waals surface area contributed by atoms with Crippen LogP contribution in [0, 0.1) is 0 Å². The van der Waals surface area contributed by atoms with E-state index in [9.17, 15) is 43.2 Å². The van der Waals surface area contributed by atoms with E-state index in [1.807, 2.05) is 60.3 Å². The van der Waals surface area contributed by atoms with Gasteiger partial charge in [-0.15, -0.1) is 0 Å². The van der Waals surface area contributed by atoms with E-state index in [1.165, 1.54) is 0 Å². The van der Waals surface area contributed by atoms with Crippen LogP contribution in [0.4, 0.5) is 4.79 Å². The van der Waals surface area contributed by atoms with Crippen molar-refractivity contribution in [2.75, 3.05) is 197 Å². The predicted octanol–water partition coefficient (Wildman–Crippen LogP) is 10.5. The quantitative estimate of drug-likeness (QED) is 0.0186. The van der Waals surface area contributed by atoms with Gasteiger partial charge in [0.2, 0.25) is 0 Å². The van der Waals surface area contributed by atoms with Crippen molar-refractivity contribution in [3.63, 3.8) is 0 Å². The van der Waals surface area contributed by atoms with Crippen molar-refractivity contribution in [1.29, 1.82) is 0 Å². The van der Waals surface area contributed by atoms with Gasteiger partial charge in [-0.1, -0.05) is 107 Å². The van der Waals surface area contributed by atoms with E-state index in [0.717, 1.165) is 51.4 Å². The summed E-state index contributed by atoms with van der Waals surface area (Å²) in [6, 6.07) is 12.5. The fraction of sp³-hybridized carbons (Fsp3) is 0.637. The van der Waals surface area contributed by atoms with Crippen molar-refractivity contribution in [3.05, 3.63) is 93.0 Å². The normalized spacial score (nSPS) is 15.7. The Morgan fingerprint density at radius 1 is 0.309 bits per heavy atom. The van der Waals surface area contributed by atoms with Gasteiger partial charge in [0.05, 0.1) is 124 Å². The Morgan fingerprint density at radius 3 is 0.837 bits per heavy atom. The number of hydrogen-bond donors (Lipinski definition) is 9. The Labute approximate surface area is 728 Å². The molecule has 9 amide bonds. The van der Waals surface area contributed by atoms with Crippen molar-refractivity contribution in [3.8, 4) is 46.0 Å². The first-order valence-electron chi connectivity index (χ1n) is 44.9. The third-order valence-electron chi connectivity index (χ3n) is 19.9. The number of rotatable bonds is 46. The number of benzene rings is 4. The van der Waals surface area contributed by atoms with Crippen LogP contribution in [0.15, 0.2) is 48.5 Å². The van der Waals surface area contributed by atoms with Crippen LogP contribution in [0.3, 0.4) is 0 Å². The van der Waals surface area contributed by atoms with Gasteiger partial charge in [-0.2, -0.15) is 0 Å². The van der Waals surface area contributed by atoms with Crippen LogP contribution in [0.25, 0.3) is 0 Å². The predicted molar refractivity (Wildman–Crippen MR) is 473 cm³/mol. The van der Waals surface area contributed by atoms with E-state index in [1.54, 1.807) is 69.3 Å². The molecular formula is C91H142N12O20. The van der Waals surface area contributed by atoms with Gasteiger partial charge in [-0.25, -0.2) is 4.79 Å². The van der Waals surface area contributed by atoms with Gasteiger partial charge in [0, 0.05) is 118 Å². The summed E-state index contributed by atoms with van der Waals surface area (Å²) >= 11 is 0. The van der Waals surface area contributed by atoms with Gasteiger partial charge < -0.3 is 100.0 Å². The molecule has 686 valence electrons. The van der Waals surface area contributed by atoms with E-state index >= 15 is 0 Å². The van der Waals surface area contributed by atoms with Gasteiger partial charge in [0.25, 0.3) is 47.3 Å². The number of amides is 9. The first kappa shape index (κ1) is 102. The zero-order valence-electron chi connectivity index (χ0n) is 75.2. The largest absolute Gasteiger partial charge is 0.489 e. The molecule has 32 nitrogen and oxygen atoms in total. The number of ether oxygens (including phenoxy) is 11. The number of hydrogen-bond acceptors (Lipinski definition) is 23. The van der Waals surface area contributed by atoms with Crippen LogP contribution in [0.1, 0.15) is 262 Å². The molecule has 10 aliphatic rings. The molecule has 10 heterocycles. The van der Waals surface area contributed by atoms with Crippen LogP contribution in [0.5, 0.6) is 46.0 Å². The summed E-state index contributed by atoms with van der Waals surface area (Å²) in [4.78, 5) is 136. The molecule has 123 heavy (non-hydrogen) atoms. The second kappa shape index (κ2) is 58.3. The molecule has 4 aromatic carbocycles. The summed E-state index contributed by atoms with van der Waals surface area (Å²) in [6.45, 7) is 27.3. The standard InChI is InChI=1S/C91H142N12O20/c1-12-20-54-115-74-66-28-31-69(77(74)118-57-23-15-4)85(107)95-39-48-102-49-40-96-86(108)70-32-29-67(75(116-55-21-13-2)78(70)119-58-24-16-5)83(105)93-37-46-101(45-36-92-82(66)104)47-38-94-84(106)68-30-33-71(79(120-59-25-17-6)76(68)117-56-22-14-3)87(109)97-41-50-103(53-52-102)51-42-98-88(110)72-34-35-73(81(122-61-27-19-8)80(72)121-60-26-18-7)89(111)99-43-62-113-64-65-114-63-44-100-90(112)123-91(9,10)11/h28-35H,12-27,36-65H2,1-11H3,(H,92,104)(H,93,105)(H,94,106)(H,95,107)(H,96,108)(H,97,109)(H,98,110)(H,99,111)(H,100,112). The van der Waals surface area contributed by atoms with Gasteiger partial charge in [0.15, 0.2) is 46.0 Å². The van der Waals surface area contributed by atoms with Crippen LogP contribution in [0.2, 0.25) is 0 Å². The van der Waals surface area contributed by atoms with Gasteiger partial charge in [-0.05, 0) is 121 Å². The topological polar surface area (TPSA) is 373 Å². The molecule has 8 bridgehead atoms. The molecule has 0 unspecified atom stereocenters. The maximum absolute atomic E-state index is 14.9. The molecule has 0 saturated carbocycles. The Kier molecular flexibility index (Phi) is 48.3. The lowest BCUT2D eigenvalue weighted by atomic mass is 10.1. The van der Waals surface area contributed by atoms with E-state index in [0.29, 0.717) is 64.5 Å². The highest BCUT2D eigenvalue weighted by atomic mass is 16.6. The molecule has 9 N–H and O–H groups in total. The molecule has 0 aromatic heterocycles. The molecule has 0 spiro atoms. The summed E-state index contributed by atoms with van der Waals surface area (Å²) in [7, 11) is 0. The minimum absolute atomic E-state index is 0.0610. The highest BCUT2D eigenvalue weighted by Gasteiger charge is 2.31. The van der Waals surface area contributed by atoms with Gasteiger partial charge >= 0.3 is 6.09 Å². The van der Waals surface area contributed by atoms with E-state index in [2.05, 4.69) is 57.7 Å². The van der Waals surface area contributed by atoms with Crippen LogP contribution >= 0.6 is 0 Å². The summed E-state index contributed by atoms with van der Waals surface area (Å²) in [5.41, 5.74) is 0.577. The molecule has 4 aromatic rings. The first-order chi connectivity index (χ1) is 59.7. The number of carbonyl (C=O) groups excluding carboxylic acids is 9. The zero-order chi connectivity index (χ0) is 89.0. The second-order valence-corrected chi connectivity index (χ2v) is 31.1. The van der Waals surface area contributed by atoms with E-state index in [4.69, 9.17) is 52.1 Å². The third-order valence-corrected chi connectivity index (χ3v) is 19.9. The van der Waals surface area contributed by atoms with Crippen molar-refractivity contribution in [2.24, 2.45) is 0 Å². The van der Waals surface area contributed by atoms with Crippen molar-refractivity contribution in [1.82, 2.24) is 62.6 Å². The lowest BCUT2D eigenvalue weighted by molar-refractivity contribution is 0.0399. The second-order valence-electron chi connectivity index (χ2n) is 31.1. The molecule has 0 fully saturated rings. The molecule has 0 aliphatic carbocycles. The Balaban J connectivity index is 1.45. The van der Waals surface area contributed by atoms with E-state index in [-0.39, 0.29) is 275 Å². The highest BCUT2D eigenvalue weighted by molar-refractivity contribution is 6.06. The summed E-state index contributed by atoms with van der Waals surface area (Å²) in [5.74, 6) is -2.98. The fourth-order valence-corrected chi connectivity index (χ4v) is 12.8. The number of nitrogens with zero attached hydrogens (tertiary/aromatic N) is 3. The summed E-state index contributed by atoms with van der Waals surface area (Å²) < 4.78 is 68.3. The Bertz CT molecular complexity index is 3800. The zero-order valence-corrected chi connectivity index (χ0v) is 75.2. The highest BCUT2D eigenvalue weighted by Crippen LogP contribution is 2.40. The van der Waals surface area contributed by atoms with Crippen molar-refractivity contribution < 1.29 is 95.3 Å². The average molecular weight is 1720 g/mol. The monoisotopic (exact) mass is 1720 g/mol. The fourth-order valence-electron chi connectivity index (χ4n) is 12.8. The lowest BCUT2D eigenvalue weighted by Gasteiger charge is -2.28. The lowest BCUT2D eigenvalue weighted by Crippen LogP contribution is -2.46. The minimum Gasteiger partial charge on any atom is -0.489 e. The molecule has 14 rings (SSSR count). The van der Waals surface area contributed by atoms with Crippen LogP contribution < -0.4 is 85.7 Å². The minimum atomic E-state index is -0.624. The molecular weight excluding hydrogens is 1580 g/mol. The van der Waals surface area contributed by atoms with Gasteiger partial charge in [0.1, 0.15) is 5.60 Å². The molecule has 0 radical (unpaired) electrons. The van der Waals surface area contributed by atoms with Gasteiger partial charge in [-0.3, -0.25) is 53.1 Å². The average Bonchev–Trinajstić information content (AvgIpc) is 0.837. The number of carbonyl (C=O) groups is 9. The Morgan fingerprint density at radius 2 is 0.561 bits per heavy atom. The molecule has 0 saturated heterocycles. The molecule has 0 atom stereocenters. The summed E-state index contributed by atoms with van der Waals surface area (Å²) in [5, 5.41) is 27.3. The summed E-state index contributed by atoms with van der Waals surface area (Å²) in [6.07, 6.45) is 10.8. The number of nitrogens with one attached hydrogen (secondary N) is 9. The third kappa shape index (κ3) is 35.7.